The second-order valence-electron chi connectivity index (χ2n) is 11.9. The van der Waals surface area contributed by atoms with Crippen molar-refractivity contribution in [3.8, 4) is 0 Å². The third kappa shape index (κ3) is 7.79. The molecule has 10 heteroatoms. The van der Waals surface area contributed by atoms with Crippen molar-refractivity contribution in [1.82, 2.24) is 10.2 Å². The summed E-state index contributed by atoms with van der Waals surface area (Å²) < 4.78 is 5.32. The minimum atomic E-state index is -1.15. The number of ether oxygens (including phenoxy) is 1. The van der Waals surface area contributed by atoms with Crippen LogP contribution in [0.1, 0.15) is 74.7 Å². The third-order valence-electron chi connectivity index (χ3n) is 7.77. The zero-order valence-electron chi connectivity index (χ0n) is 23.7. The number of hydrogen-bond donors (Lipinski definition) is 3. The van der Waals surface area contributed by atoms with E-state index in [-0.39, 0.29) is 40.2 Å². The lowest BCUT2D eigenvalue weighted by molar-refractivity contribution is -0.141. The first-order valence-electron chi connectivity index (χ1n) is 14.1. The highest BCUT2D eigenvalue weighted by molar-refractivity contribution is 6.33. The van der Waals surface area contributed by atoms with Gasteiger partial charge in [0.15, 0.2) is 0 Å². The van der Waals surface area contributed by atoms with Crippen LogP contribution in [-0.4, -0.2) is 58.6 Å². The smallest absolute Gasteiger partial charge is 0.407 e. The number of carboxylic acid groups (broad SMARTS) is 1. The predicted molar refractivity (Wildman–Crippen MR) is 156 cm³/mol. The molecule has 1 aliphatic carbocycles. The lowest BCUT2D eigenvalue weighted by atomic mass is 9.81. The SMILES string of the molecule is CC(C)(C)OC(=O)NCC1CCC(C(=O)N2CC[C@@H](c3ccccc3)[C@H]2C(=O)Nc2ccc(C(=O)O)c(Cl)c2)CC1. The molecule has 2 fully saturated rings. The van der Waals surface area contributed by atoms with Gasteiger partial charge in [-0.05, 0) is 82.6 Å². The Kier molecular flexibility index (Phi) is 9.58. The quantitative estimate of drug-likeness (QED) is 0.384. The standard InChI is InChI=1S/C31H38ClN3O6/c1-31(2,3)41-30(40)33-18-19-9-11-21(12-10-19)28(37)35-16-15-23(20-7-5-4-6-8-20)26(35)27(36)34-22-13-14-24(29(38)39)25(32)17-22/h4-8,13-14,17,19,21,23,26H,9-12,15-16,18H2,1-3H3,(H,33,40)(H,34,36)(H,38,39)/t19?,21?,23-,26-/m0/s1. The van der Waals surface area contributed by atoms with E-state index in [4.69, 9.17) is 16.3 Å². The molecule has 2 aromatic carbocycles. The number of halogens is 1. The first-order valence-corrected chi connectivity index (χ1v) is 14.5. The van der Waals surface area contributed by atoms with E-state index in [1.807, 2.05) is 51.1 Å². The number of hydrogen-bond acceptors (Lipinski definition) is 5. The molecular formula is C31H38ClN3O6. The highest BCUT2D eigenvalue weighted by Gasteiger charge is 2.44. The third-order valence-corrected chi connectivity index (χ3v) is 8.09. The molecule has 0 spiro atoms. The van der Waals surface area contributed by atoms with Crippen molar-refractivity contribution in [3.05, 3.63) is 64.7 Å². The molecule has 0 aromatic heterocycles. The van der Waals surface area contributed by atoms with Gasteiger partial charge in [0, 0.05) is 30.6 Å². The van der Waals surface area contributed by atoms with Crippen LogP contribution in [0.5, 0.6) is 0 Å². The van der Waals surface area contributed by atoms with Crippen molar-refractivity contribution in [2.24, 2.45) is 11.8 Å². The number of carboxylic acids is 1. The van der Waals surface area contributed by atoms with Gasteiger partial charge in [-0.3, -0.25) is 9.59 Å². The summed E-state index contributed by atoms with van der Waals surface area (Å²) in [6.07, 6.45) is 3.19. The number of carbonyl (C=O) groups is 4. The summed E-state index contributed by atoms with van der Waals surface area (Å²) in [6.45, 7) is 6.44. The first kappa shape index (κ1) is 30.4. The molecule has 4 rings (SSSR count). The van der Waals surface area contributed by atoms with Crippen LogP contribution < -0.4 is 10.6 Å². The second-order valence-corrected chi connectivity index (χ2v) is 12.3. The Balaban J connectivity index is 1.43. The first-order chi connectivity index (χ1) is 19.4. The summed E-state index contributed by atoms with van der Waals surface area (Å²) in [5.74, 6) is -1.62. The van der Waals surface area contributed by atoms with Crippen LogP contribution in [0.15, 0.2) is 48.5 Å². The molecule has 0 radical (unpaired) electrons. The van der Waals surface area contributed by atoms with Gasteiger partial charge in [0.25, 0.3) is 0 Å². The number of benzene rings is 2. The van der Waals surface area contributed by atoms with Gasteiger partial charge in [0.1, 0.15) is 11.6 Å². The van der Waals surface area contributed by atoms with Crippen LogP contribution in [0, 0.1) is 11.8 Å². The molecule has 3 amide bonds. The molecule has 2 aromatic rings. The second kappa shape index (κ2) is 12.9. The largest absolute Gasteiger partial charge is 0.478 e. The molecule has 2 aliphatic rings. The summed E-state index contributed by atoms with van der Waals surface area (Å²) in [6, 6.07) is 13.3. The van der Waals surface area contributed by atoms with Crippen LogP contribution in [-0.2, 0) is 14.3 Å². The Morgan fingerprint density at radius 1 is 1.00 bits per heavy atom. The molecule has 2 atom stereocenters. The van der Waals surface area contributed by atoms with E-state index in [0.717, 1.165) is 18.4 Å². The van der Waals surface area contributed by atoms with E-state index in [1.54, 1.807) is 4.90 Å². The van der Waals surface area contributed by atoms with Gasteiger partial charge in [-0.25, -0.2) is 9.59 Å². The summed E-state index contributed by atoms with van der Waals surface area (Å²) in [7, 11) is 0. The van der Waals surface area contributed by atoms with Gasteiger partial charge in [-0.2, -0.15) is 0 Å². The number of carbonyl (C=O) groups excluding carboxylic acids is 3. The van der Waals surface area contributed by atoms with Crippen molar-refractivity contribution >= 4 is 41.2 Å². The van der Waals surface area contributed by atoms with Crippen molar-refractivity contribution in [3.63, 3.8) is 0 Å². The number of likely N-dealkylation sites (tertiary alicyclic amines) is 1. The molecule has 1 aliphatic heterocycles. The zero-order valence-corrected chi connectivity index (χ0v) is 24.4. The van der Waals surface area contributed by atoms with E-state index in [9.17, 15) is 24.3 Å². The van der Waals surface area contributed by atoms with Gasteiger partial charge in [-0.1, -0.05) is 41.9 Å². The van der Waals surface area contributed by atoms with E-state index in [0.29, 0.717) is 38.0 Å². The molecule has 220 valence electrons. The Morgan fingerprint density at radius 2 is 1.68 bits per heavy atom. The fraction of sp³-hybridized carbons (Fsp3) is 0.484. The summed E-state index contributed by atoms with van der Waals surface area (Å²) in [5.41, 5.74) is 0.744. The Bertz CT molecular complexity index is 1270. The normalized spacial score (nSPS) is 22.6. The highest BCUT2D eigenvalue weighted by atomic mass is 35.5. The predicted octanol–water partition coefficient (Wildman–Crippen LogP) is 5.69. The number of aromatic carboxylic acids is 1. The number of amides is 3. The van der Waals surface area contributed by atoms with Crippen molar-refractivity contribution < 1.29 is 29.0 Å². The molecule has 41 heavy (non-hydrogen) atoms. The van der Waals surface area contributed by atoms with Crippen LogP contribution in [0.3, 0.4) is 0 Å². The molecule has 0 bridgehead atoms. The maximum absolute atomic E-state index is 13.8. The average molecular weight is 584 g/mol. The summed E-state index contributed by atoms with van der Waals surface area (Å²) >= 11 is 6.13. The lowest BCUT2D eigenvalue weighted by Gasteiger charge is -2.34. The van der Waals surface area contributed by atoms with Crippen molar-refractivity contribution in [2.75, 3.05) is 18.4 Å². The fourth-order valence-corrected chi connectivity index (χ4v) is 6.05. The Hall–Kier alpha value is -3.59. The van der Waals surface area contributed by atoms with Crippen LogP contribution >= 0.6 is 11.6 Å². The van der Waals surface area contributed by atoms with E-state index >= 15 is 0 Å². The maximum Gasteiger partial charge on any atom is 0.407 e. The number of anilines is 1. The minimum Gasteiger partial charge on any atom is -0.478 e. The van der Waals surface area contributed by atoms with E-state index < -0.39 is 23.7 Å². The number of alkyl carbamates (subject to hydrolysis) is 1. The van der Waals surface area contributed by atoms with Crippen LogP contribution in [0.4, 0.5) is 10.5 Å². The van der Waals surface area contributed by atoms with Gasteiger partial charge in [0.2, 0.25) is 11.8 Å². The van der Waals surface area contributed by atoms with Crippen LogP contribution in [0.2, 0.25) is 5.02 Å². The molecule has 9 nitrogen and oxygen atoms in total. The molecule has 0 unspecified atom stereocenters. The topological polar surface area (TPSA) is 125 Å². The van der Waals surface area contributed by atoms with Gasteiger partial charge < -0.3 is 25.4 Å². The monoisotopic (exact) mass is 583 g/mol. The summed E-state index contributed by atoms with van der Waals surface area (Å²) in [5, 5.41) is 15.0. The average Bonchev–Trinajstić information content (AvgIpc) is 3.37. The van der Waals surface area contributed by atoms with Crippen LogP contribution in [0.25, 0.3) is 0 Å². The Morgan fingerprint density at radius 3 is 2.29 bits per heavy atom. The fourth-order valence-electron chi connectivity index (χ4n) is 5.79. The lowest BCUT2D eigenvalue weighted by Crippen LogP contribution is -2.48. The highest BCUT2D eigenvalue weighted by Crippen LogP contribution is 2.38. The van der Waals surface area contributed by atoms with E-state index in [1.165, 1.54) is 18.2 Å². The minimum absolute atomic E-state index is 0.0205. The number of nitrogens with zero attached hydrogens (tertiary/aromatic N) is 1. The molecular weight excluding hydrogens is 546 g/mol. The molecule has 1 saturated carbocycles. The molecule has 3 N–H and O–H groups in total. The van der Waals surface area contributed by atoms with Crippen molar-refractivity contribution in [2.45, 2.75) is 70.4 Å². The number of nitrogens with one attached hydrogen (secondary N) is 2. The molecule has 1 heterocycles. The zero-order chi connectivity index (χ0) is 29.7. The Labute approximate surface area is 245 Å². The van der Waals surface area contributed by atoms with Gasteiger partial charge in [-0.15, -0.1) is 0 Å². The maximum atomic E-state index is 13.8. The number of rotatable bonds is 7. The van der Waals surface area contributed by atoms with E-state index in [2.05, 4.69) is 10.6 Å². The summed E-state index contributed by atoms with van der Waals surface area (Å²) in [4.78, 5) is 52.6. The van der Waals surface area contributed by atoms with Crippen molar-refractivity contribution in [1.29, 1.82) is 0 Å². The van der Waals surface area contributed by atoms with Gasteiger partial charge >= 0.3 is 12.1 Å². The van der Waals surface area contributed by atoms with Gasteiger partial charge in [0.05, 0.1) is 10.6 Å². The molecule has 1 saturated heterocycles.